The second-order valence-corrected chi connectivity index (χ2v) is 8.23. The van der Waals surface area contributed by atoms with Crippen molar-refractivity contribution in [2.75, 3.05) is 31.1 Å². The van der Waals surface area contributed by atoms with Crippen molar-refractivity contribution in [1.29, 1.82) is 0 Å². The SMILES string of the molecule is Cc1[nH]nc2nc(-c3ccc(O)cc3)c3c(=O)[nH]c4ccc(N5CCNCC5)cc4c3c12. The van der Waals surface area contributed by atoms with Gasteiger partial charge in [-0.2, -0.15) is 5.10 Å². The van der Waals surface area contributed by atoms with Gasteiger partial charge in [0, 0.05) is 59.4 Å². The van der Waals surface area contributed by atoms with Crippen molar-refractivity contribution in [1.82, 2.24) is 25.5 Å². The van der Waals surface area contributed by atoms with Gasteiger partial charge in [0.15, 0.2) is 5.65 Å². The summed E-state index contributed by atoms with van der Waals surface area (Å²) in [5.41, 5.74) is 4.45. The highest BCUT2D eigenvalue weighted by molar-refractivity contribution is 6.21. The molecule has 0 atom stereocenters. The molecular formula is C24H22N6O2. The maximum Gasteiger partial charge on any atom is 0.258 e. The van der Waals surface area contributed by atoms with Crippen molar-refractivity contribution in [3.8, 4) is 17.0 Å². The molecule has 0 spiro atoms. The van der Waals surface area contributed by atoms with E-state index >= 15 is 0 Å². The summed E-state index contributed by atoms with van der Waals surface area (Å²) in [6.45, 7) is 5.72. The van der Waals surface area contributed by atoms with Gasteiger partial charge in [0.1, 0.15) is 5.75 Å². The number of pyridine rings is 2. The van der Waals surface area contributed by atoms with Gasteiger partial charge in [0.25, 0.3) is 5.56 Å². The molecule has 4 N–H and O–H groups in total. The molecule has 0 saturated carbocycles. The molecule has 1 fully saturated rings. The normalized spacial score (nSPS) is 14.6. The van der Waals surface area contributed by atoms with Crippen LogP contribution in [0.2, 0.25) is 0 Å². The molecule has 3 aromatic heterocycles. The van der Waals surface area contributed by atoms with E-state index in [9.17, 15) is 9.90 Å². The minimum Gasteiger partial charge on any atom is -0.508 e. The van der Waals surface area contributed by atoms with Crippen LogP contribution < -0.4 is 15.8 Å². The Morgan fingerprint density at radius 1 is 1.00 bits per heavy atom. The lowest BCUT2D eigenvalue weighted by molar-refractivity contribution is 0.475. The molecule has 8 nitrogen and oxygen atoms in total. The number of piperazine rings is 1. The molecule has 0 unspecified atom stereocenters. The number of phenols is 1. The summed E-state index contributed by atoms with van der Waals surface area (Å²) in [7, 11) is 0. The van der Waals surface area contributed by atoms with Gasteiger partial charge < -0.3 is 20.3 Å². The Kier molecular flexibility index (Phi) is 4.16. The summed E-state index contributed by atoms with van der Waals surface area (Å²) in [4.78, 5) is 23.5. The molecule has 5 aromatic rings. The molecule has 6 rings (SSSR count). The fourth-order valence-corrected chi connectivity index (χ4v) is 4.67. The lowest BCUT2D eigenvalue weighted by Gasteiger charge is -2.29. The number of nitrogens with zero attached hydrogens (tertiary/aromatic N) is 3. The summed E-state index contributed by atoms with van der Waals surface area (Å²) < 4.78 is 0. The number of hydrogen-bond acceptors (Lipinski definition) is 6. The Morgan fingerprint density at radius 2 is 1.78 bits per heavy atom. The zero-order valence-corrected chi connectivity index (χ0v) is 17.6. The number of rotatable bonds is 2. The molecule has 32 heavy (non-hydrogen) atoms. The first kappa shape index (κ1) is 18.8. The van der Waals surface area contributed by atoms with Gasteiger partial charge in [0.05, 0.1) is 16.5 Å². The summed E-state index contributed by atoms with van der Waals surface area (Å²) in [6, 6.07) is 12.9. The average Bonchev–Trinajstić information content (AvgIpc) is 3.20. The topological polar surface area (TPSA) is 110 Å². The number of benzene rings is 2. The minimum atomic E-state index is -0.194. The number of phenolic OH excluding ortho intramolecular Hbond substituents is 1. The summed E-state index contributed by atoms with van der Waals surface area (Å²) >= 11 is 0. The third-order valence-corrected chi connectivity index (χ3v) is 6.25. The minimum absolute atomic E-state index is 0.162. The zero-order chi connectivity index (χ0) is 21.8. The molecule has 8 heteroatoms. The van der Waals surface area contributed by atoms with E-state index in [4.69, 9.17) is 4.98 Å². The highest BCUT2D eigenvalue weighted by atomic mass is 16.3. The molecule has 160 valence electrons. The van der Waals surface area contributed by atoms with Gasteiger partial charge in [-0.15, -0.1) is 0 Å². The Hall–Kier alpha value is -3.91. The van der Waals surface area contributed by atoms with Crippen LogP contribution in [-0.2, 0) is 0 Å². The molecule has 0 bridgehead atoms. The van der Waals surface area contributed by atoms with Crippen molar-refractivity contribution >= 4 is 38.4 Å². The molecule has 0 radical (unpaired) electrons. The average molecular weight is 426 g/mol. The third-order valence-electron chi connectivity index (χ3n) is 6.25. The molecule has 1 saturated heterocycles. The van der Waals surface area contributed by atoms with Crippen LogP contribution in [0.3, 0.4) is 0 Å². The first-order valence-electron chi connectivity index (χ1n) is 10.7. The largest absolute Gasteiger partial charge is 0.508 e. The lowest BCUT2D eigenvalue weighted by atomic mass is 9.98. The number of H-pyrrole nitrogens is 2. The Morgan fingerprint density at radius 3 is 2.56 bits per heavy atom. The van der Waals surface area contributed by atoms with E-state index in [2.05, 4.69) is 37.5 Å². The van der Waals surface area contributed by atoms with E-state index in [0.29, 0.717) is 16.7 Å². The number of aryl methyl sites for hydroxylation is 1. The van der Waals surface area contributed by atoms with E-state index in [1.807, 2.05) is 13.0 Å². The molecule has 2 aromatic carbocycles. The molecular weight excluding hydrogens is 404 g/mol. The standard InChI is InChI=1S/C24H22N6O2/c1-13-19-20-17-12-15(30-10-8-25-9-11-30)4-7-18(17)26-24(32)21(20)22(27-23(19)29-28-13)14-2-5-16(31)6-3-14/h2-7,12,25,31H,8-11H2,1H3,(H,26,32)(H,27,28,29). The van der Waals surface area contributed by atoms with Crippen molar-refractivity contribution in [2.24, 2.45) is 0 Å². The van der Waals surface area contributed by atoms with E-state index in [0.717, 1.165) is 64.8 Å². The van der Waals surface area contributed by atoms with Crippen LogP contribution in [0.1, 0.15) is 5.69 Å². The van der Waals surface area contributed by atoms with Crippen LogP contribution in [0, 0.1) is 6.92 Å². The van der Waals surface area contributed by atoms with Crippen molar-refractivity contribution in [3.05, 3.63) is 58.5 Å². The predicted octanol–water partition coefficient (Wildman–Crippen LogP) is 3.04. The highest BCUT2D eigenvalue weighted by Crippen LogP contribution is 2.36. The van der Waals surface area contributed by atoms with Crippen LogP contribution in [0.25, 0.3) is 44.0 Å². The predicted molar refractivity (Wildman–Crippen MR) is 126 cm³/mol. The molecule has 0 aliphatic carbocycles. The molecule has 1 aliphatic heterocycles. The van der Waals surface area contributed by atoms with Crippen LogP contribution in [-0.4, -0.2) is 51.5 Å². The van der Waals surface area contributed by atoms with E-state index in [1.165, 1.54) is 0 Å². The maximum atomic E-state index is 13.3. The van der Waals surface area contributed by atoms with Gasteiger partial charge in [-0.3, -0.25) is 9.89 Å². The number of aromatic nitrogens is 4. The van der Waals surface area contributed by atoms with Gasteiger partial charge in [-0.05, 0) is 49.4 Å². The van der Waals surface area contributed by atoms with E-state index in [-0.39, 0.29) is 11.3 Å². The molecule has 4 heterocycles. The Bertz CT molecular complexity index is 1550. The maximum absolute atomic E-state index is 13.3. The van der Waals surface area contributed by atoms with Crippen molar-refractivity contribution < 1.29 is 5.11 Å². The number of anilines is 1. The van der Waals surface area contributed by atoms with E-state index < -0.39 is 0 Å². The lowest BCUT2D eigenvalue weighted by Crippen LogP contribution is -2.43. The number of aromatic amines is 2. The summed E-state index contributed by atoms with van der Waals surface area (Å²) in [6.07, 6.45) is 0. The van der Waals surface area contributed by atoms with Gasteiger partial charge in [0.2, 0.25) is 0 Å². The number of nitrogens with one attached hydrogen (secondary N) is 3. The third kappa shape index (κ3) is 2.84. The molecule has 1 aliphatic rings. The summed E-state index contributed by atoms with van der Waals surface area (Å²) in [5.74, 6) is 0.162. The first-order valence-corrected chi connectivity index (χ1v) is 10.7. The van der Waals surface area contributed by atoms with Crippen LogP contribution in [0.4, 0.5) is 5.69 Å². The van der Waals surface area contributed by atoms with E-state index in [1.54, 1.807) is 24.3 Å². The van der Waals surface area contributed by atoms with Crippen molar-refractivity contribution in [2.45, 2.75) is 6.92 Å². The number of aromatic hydroxyl groups is 1. The van der Waals surface area contributed by atoms with Gasteiger partial charge in [-0.1, -0.05) is 0 Å². The quantitative estimate of drug-likeness (QED) is 0.323. The first-order chi connectivity index (χ1) is 15.6. The highest BCUT2D eigenvalue weighted by Gasteiger charge is 2.20. The zero-order valence-electron chi connectivity index (χ0n) is 17.6. The van der Waals surface area contributed by atoms with Crippen LogP contribution >= 0.6 is 0 Å². The summed E-state index contributed by atoms with van der Waals surface area (Å²) in [5, 5.41) is 23.8. The fourth-order valence-electron chi connectivity index (χ4n) is 4.67. The van der Waals surface area contributed by atoms with Gasteiger partial charge in [-0.25, -0.2) is 4.98 Å². The molecule has 0 amide bonds. The van der Waals surface area contributed by atoms with Crippen LogP contribution in [0.15, 0.2) is 47.3 Å². The second-order valence-electron chi connectivity index (χ2n) is 8.23. The monoisotopic (exact) mass is 426 g/mol. The number of fused-ring (bicyclic) bond motifs is 5. The second kappa shape index (κ2) is 7.06. The number of hydrogen-bond donors (Lipinski definition) is 4. The Balaban J connectivity index is 1.74. The van der Waals surface area contributed by atoms with Gasteiger partial charge >= 0.3 is 0 Å². The van der Waals surface area contributed by atoms with Crippen molar-refractivity contribution in [3.63, 3.8) is 0 Å². The van der Waals surface area contributed by atoms with Crippen LogP contribution in [0.5, 0.6) is 5.75 Å². The smallest absolute Gasteiger partial charge is 0.258 e. The fraction of sp³-hybridized carbons (Fsp3) is 0.208. The Labute approximate surface area is 182 Å².